The molecule has 0 saturated carbocycles. The van der Waals surface area contributed by atoms with Crippen molar-refractivity contribution in [3.05, 3.63) is 60.2 Å². The predicted octanol–water partition coefficient (Wildman–Crippen LogP) is 3.80. The fourth-order valence-corrected chi connectivity index (χ4v) is 3.65. The van der Waals surface area contributed by atoms with Crippen molar-refractivity contribution in [1.82, 2.24) is 4.90 Å². The highest BCUT2D eigenvalue weighted by molar-refractivity contribution is 8.00. The van der Waals surface area contributed by atoms with Crippen LogP contribution in [0.4, 0.5) is 14.5 Å². The molecule has 0 spiro atoms. The summed E-state index contributed by atoms with van der Waals surface area (Å²) < 4.78 is 26.0. The molecule has 132 valence electrons. The van der Waals surface area contributed by atoms with Gasteiger partial charge in [-0.2, -0.15) is 0 Å². The first-order chi connectivity index (χ1) is 12.1. The van der Waals surface area contributed by atoms with Crippen LogP contribution in [-0.2, 0) is 4.79 Å². The number of thioether (sulfide) groups is 1. The highest BCUT2D eigenvalue weighted by Gasteiger charge is 2.19. The van der Waals surface area contributed by atoms with Gasteiger partial charge < -0.3 is 9.80 Å². The Morgan fingerprint density at radius 2 is 1.52 bits per heavy atom. The molecule has 0 radical (unpaired) electrons. The molecule has 0 bridgehead atoms. The van der Waals surface area contributed by atoms with Crippen LogP contribution in [0.2, 0.25) is 0 Å². The summed E-state index contributed by atoms with van der Waals surface area (Å²) in [5.41, 5.74) is 0.983. The standard InChI is InChI=1S/C19H20F2N2OS/c20-15-2-6-17(7-3-15)22-10-1-11-23(13-12-22)19(24)14-25-18-8-4-16(21)5-9-18/h2-9H,1,10-14H2. The number of carbonyl (C=O) groups excluding carboxylic acids is 1. The Labute approximate surface area is 150 Å². The van der Waals surface area contributed by atoms with Crippen molar-refractivity contribution < 1.29 is 13.6 Å². The zero-order valence-corrected chi connectivity index (χ0v) is 14.6. The molecule has 1 aliphatic heterocycles. The number of hydrogen-bond acceptors (Lipinski definition) is 3. The van der Waals surface area contributed by atoms with Crippen LogP contribution in [0.3, 0.4) is 0 Å². The summed E-state index contributed by atoms with van der Waals surface area (Å²) >= 11 is 1.42. The maximum Gasteiger partial charge on any atom is 0.232 e. The van der Waals surface area contributed by atoms with Gasteiger partial charge in [-0.15, -0.1) is 11.8 Å². The number of hydrogen-bond donors (Lipinski definition) is 0. The second-order valence-corrected chi connectivity index (χ2v) is 6.99. The van der Waals surface area contributed by atoms with Gasteiger partial charge in [0.15, 0.2) is 0 Å². The zero-order valence-electron chi connectivity index (χ0n) is 13.8. The first-order valence-corrected chi connectivity index (χ1v) is 9.27. The van der Waals surface area contributed by atoms with Gasteiger partial charge in [0.2, 0.25) is 5.91 Å². The largest absolute Gasteiger partial charge is 0.370 e. The molecule has 0 aromatic heterocycles. The lowest BCUT2D eigenvalue weighted by Crippen LogP contribution is -2.36. The molecule has 1 aliphatic rings. The lowest BCUT2D eigenvalue weighted by molar-refractivity contribution is -0.128. The third-order valence-electron chi connectivity index (χ3n) is 4.22. The van der Waals surface area contributed by atoms with Gasteiger partial charge in [-0.1, -0.05) is 0 Å². The topological polar surface area (TPSA) is 23.6 Å². The fraction of sp³-hybridized carbons (Fsp3) is 0.316. The Morgan fingerprint density at radius 3 is 2.20 bits per heavy atom. The number of carbonyl (C=O) groups is 1. The van der Waals surface area contributed by atoms with Crippen LogP contribution >= 0.6 is 11.8 Å². The Balaban J connectivity index is 1.52. The van der Waals surface area contributed by atoms with Crippen LogP contribution in [0.25, 0.3) is 0 Å². The summed E-state index contributed by atoms with van der Waals surface area (Å²) in [6.07, 6.45) is 0.879. The van der Waals surface area contributed by atoms with E-state index in [0.29, 0.717) is 12.3 Å². The Morgan fingerprint density at radius 1 is 0.880 bits per heavy atom. The molecular weight excluding hydrogens is 342 g/mol. The molecule has 0 atom stereocenters. The van der Waals surface area contributed by atoms with Gasteiger partial charge in [-0.05, 0) is 55.0 Å². The highest BCUT2D eigenvalue weighted by Crippen LogP contribution is 2.20. The van der Waals surface area contributed by atoms with Gasteiger partial charge in [0.25, 0.3) is 0 Å². The van der Waals surface area contributed by atoms with Crippen molar-refractivity contribution in [2.24, 2.45) is 0 Å². The average molecular weight is 362 g/mol. The molecule has 1 saturated heterocycles. The van der Waals surface area contributed by atoms with Gasteiger partial charge in [0.05, 0.1) is 5.75 Å². The molecule has 3 nitrogen and oxygen atoms in total. The first kappa shape index (κ1) is 17.7. The van der Waals surface area contributed by atoms with Crippen LogP contribution in [-0.4, -0.2) is 42.7 Å². The Bertz CT molecular complexity index is 706. The van der Waals surface area contributed by atoms with Crippen molar-refractivity contribution in [2.75, 3.05) is 36.8 Å². The second-order valence-electron chi connectivity index (χ2n) is 5.94. The minimum Gasteiger partial charge on any atom is -0.370 e. The summed E-state index contributed by atoms with van der Waals surface area (Å²) in [6, 6.07) is 12.6. The van der Waals surface area contributed by atoms with E-state index in [4.69, 9.17) is 0 Å². The number of benzene rings is 2. The summed E-state index contributed by atoms with van der Waals surface area (Å²) in [6.45, 7) is 2.96. The number of nitrogens with zero attached hydrogens (tertiary/aromatic N) is 2. The molecule has 0 unspecified atom stereocenters. The monoisotopic (exact) mass is 362 g/mol. The second kappa shape index (κ2) is 8.34. The van der Waals surface area contributed by atoms with E-state index in [1.807, 2.05) is 4.90 Å². The molecule has 0 N–H and O–H groups in total. The van der Waals surface area contributed by atoms with E-state index < -0.39 is 0 Å². The number of amides is 1. The summed E-state index contributed by atoms with van der Waals surface area (Å²) in [5, 5.41) is 0. The van der Waals surface area contributed by atoms with Crippen LogP contribution in [0.1, 0.15) is 6.42 Å². The van der Waals surface area contributed by atoms with E-state index >= 15 is 0 Å². The van der Waals surface area contributed by atoms with Gasteiger partial charge >= 0.3 is 0 Å². The van der Waals surface area contributed by atoms with Gasteiger partial charge in [-0.3, -0.25) is 4.79 Å². The lowest BCUT2D eigenvalue weighted by atomic mass is 10.2. The average Bonchev–Trinajstić information content (AvgIpc) is 2.88. The molecule has 25 heavy (non-hydrogen) atoms. The number of anilines is 1. The minimum atomic E-state index is -0.274. The molecule has 2 aromatic carbocycles. The molecule has 1 amide bonds. The van der Waals surface area contributed by atoms with Gasteiger partial charge in [-0.25, -0.2) is 8.78 Å². The van der Waals surface area contributed by atoms with Crippen molar-refractivity contribution in [3.8, 4) is 0 Å². The molecular formula is C19H20F2N2OS. The van der Waals surface area contributed by atoms with Crippen LogP contribution in [0.5, 0.6) is 0 Å². The van der Waals surface area contributed by atoms with E-state index in [1.165, 1.54) is 36.0 Å². The first-order valence-electron chi connectivity index (χ1n) is 8.28. The van der Waals surface area contributed by atoms with E-state index in [9.17, 15) is 13.6 Å². The van der Waals surface area contributed by atoms with E-state index in [2.05, 4.69) is 4.90 Å². The lowest BCUT2D eigenvalue weighted by Gasteiger charge is -2.23. The molecule has 3 rings (SSSR count). The third-order valence-corrected chi connectivity index (χ3v) is 5.21. The molecule has 0 aliphatic carbocycles. The van der Waals surface area contributed by atoms with E-state index in [0.717, 1.165) is 36.6 Å². The summed E-state index contributed by atoms with van der Waals surface area (Å²) in [4.78, 5) is 17.4. The predicted molar refractivity (Wildman–Crippen MR) is 96.9 cm³/mol. The Kier molecular flexibility index (Phi) is 5.91. The SMILES string of the molecule is O=C(CSc1ccc(F)cc1)N1CCCN(c2ccc(F)cc2)CC1. The van der Waals surface area contributed by atoms with Crippen molar-refractivity contribution >= 4 is 23.4 Å². The number of halogens is 2. The molecule has 6 heteroatoms. The maximum atomic E-state index is 13.1. The van der Waals surface area contributed by atoms with Crippen molar-refractivity contribution in [1.29, 1.82) is 0 Å². The smallest absolute Gasteiger partial charge is 0.232 e. The highest BCUT2D eigenvalue weighted by atomic mass is 32.2. The molecule has 1 fully saturated rings. The van der Waals surface area contributed by atoms with Crippen LogP contribution < -0.4 is 4.90 Å². The quantitative estimate of drug-likeness (QED) is 0.773. The maximum absolute atomic E-state index is 13.1. The van der Waals surface area contributed by atoms with Gasteiger partial charge in [0, 0.05) is 36.8 Å². The summed E-state index contributed by atoms with van der Waals surface area (Å²) in [5.74, 6) is -0.0742. The van der Waals surface area contributed by atoms with E-state index in [1.54, 1.807) is 24.3 Å². The molecule has 2 aromatic rings. The fourth-order valence-electron chi connectivity index (χ4n) is 2.84. The third kappa shape index (κ3) is 4.95. The van der Waals surface area contributed by atoms with Crippen LogP contribution in [0.15, 0.2) is 53.4 Å². The van der Waals surface area contributed by atoms with Crippen molar-refractivity contribution in [2.45, 2.75) is 11.3 Å². The Hall–Kier alpha value is -2.08. The summed E-state index contributed by atoms with van der Waals surface area (Å²) in [7, 11) is 0. The van der Waals surface area contributed by atoms with Crippen molar-refractivity contribution in [3.63, 3.8) is 0 Å². The zero-order chi connectivity index (χ0) is 17.6. The van der Waals surface area contributed by atoms with Gasteiger partial charge in [0.1, 0.15) is 11.6 Å². The number of rotatable bonds is 4. The normalized spacial score (nSPS) is 15.1. The van der Waals surface area contributed by atoms with E-state index in [-0.39, 0.29) is 17.5 Å². The molecule has 1 heterocycles. The van der Waals surface area contributed by atoms with Crippen LogP contribution in [0, 0.1) is 11.6 Å². The minimum absolute atomic E-state index is 0.0929.